The molecule has 3 aromatic rings. The molecule has 124 valence electrons. The zero-order valence-electron chi connectivity index (χ0n) is 13.7. The molecule has 0 radical (unpaired) electrons. The fourth-order valence-electron chi connectivity index (χ4n) is 2.21. The molecular weight excluding hydrogens is 322 g/mol. The molecule has 24 heavy (non-hydrogen) atoms. The van der Waals surface area contributed by atoms with Gasteiger partial charge in [-0.25, -0.2) is 9.97 Å². The number of nitrogens with one attached hydrogen (secondary N) is 1. The predicted molar refractivity (Wildman–Crippen MR) is 94.7 cm³/mol. The minimum absolute atomic E-state index is 0.573. The van der Waals surface area contributed by atoms with Gasteiger partial charge in [0.15, 0.2) is 0 Å². The highest BCUT2D eigenvalue weighted by Gasteiger charge is 2.02. The normalized spacial score (nSPS) is 10.6. The second kappa shape index (κ2) is 7.90. The Bertz CT molecular complexity index is 787. The van der Waals surface area contributed by atoms with Gasteiger partial charge >= 0.3 is 0 Å². The Morgan fingerprint density at radius 1 is 1.08 bits per heavy atom. The van der Waals surface area contributed by atoms with Gasteiger partial charge in [0.05, 0.1) is 17.8 Å². The number of pyridine rings is 1. The summed E-state index contributed by atoms with van der Waals surface area (Å²) in [7, 11) is 1.64. The predicted octanol–water partition coefficient (Wildman–Crippen LogP) is 3.94. The molecule has 0 fully saturated rings. The number of nitrogens with zero attached hydrogens (tertiary/aromatic N) is 2. The molecule has 0 spiro atoms. The second-order valence-corrected chi connectivity index (χ2v) is 6.30. The minimum atomic E-state index is 0.573. The maximum atomic E-state index is 5.78. The number of aryl methyl sites for hydroxylation is 1. The van der Waals surface area contributed by atoms with Crippen LogP contribution in [0.3, 0.4) is 0 Å². The van der Waals surface area contributed by atoms with Gasteiger partial charge < -0.3 is 14.8 Å². The molecule has 0 atom stereocenters. The molecule has 1 N–H and O–H groups in total. The number of hydrogen-bond acceptors (Lipinski definition) is 6. The number of ether oxygens (including phenoxy) is 2. The Hall–Kier alpha value is -2.44. The quantitative estimate of drug-likeness (QED) is 0.705. The van der Waals surface area contributed by atoms with Crippen molar-refractivity contribution < 1.29 is 9.47 Å². The highest BCUT2D eigenvalue weighted by molar-refractivity contribution is 7.09. The van der Waals surface area contributed by atoms with Crippen molar-refractivity contribution in [3.8, 4) is 17.4 Å². The third-order valence-corrected chi connectivity index (χ3v) is 4.21. The topological polar surface area (TPSA) is 56.3 Å². The van der Waals surface area contributed by atoms with E-state index in [9.17, 15) is 0 Å². The number of benzene rings is 1. The first-order valence-corrected chi connectivity index (χ1v) is 8.49. The number of methoxy groups -OCH3 is 1. The van der Waals surface area contributed by atoms with Crippen LogP contribution in [0, 0.1) is 6.92 Å². The second-order valence-electron chi connectivity index (χ2n) is 5.24. The maximum absolute atomic E-state index is 5.78. The van der Waals surface area contributed by atoms with E-state index in [0.717, 1.165) is 40.9 Å². The molecule has 0 aliphatic heterocycles. The van der Waals surface area contributed by atoms with Crippen LogP contribution in [0.25, 0.3) is 0 Å². The van der Waals surface area contributed by atoms with Crippen LogP contribution in [0.1, 0.15) is 16.3 Å². The van der Waals surface area contributed by atoms with Gasteiger partial charge in [-0.05, 0) is 42.8 Å². The van der Waals surface area contributed by atoms with Gasteiger partial charge in [0, 0.05) is 30.7 Å². The molecule has 5 nitrogen and oxygen atoms in total. The van der Waals surface area contributed by atoms with E-state index in [1.54, 1.807) is 24.6 Å². The first-order chi connectivity index (χ1) is 11.7. The van der Waals surface area contributed by atoms with E-state index in [1.165, 1.54) is 0 Å². The van der Waals surface area contributed by atoms with E-state index in [4.69, 9.17) is 9.47 Å². The Kier molecular flexibility index (Phi) is 5.40. The average Bonchev–Trinajstić information content (AvgIpc) is 3.01. The fraction of sp³-hybridized carbons (Fsp3) is 0.222. The van der Waals surface area contributed by atoms with Crippen LogP contribution in [0.5, 0.6) is 17.4 Å². The average molecular weight is 341 g/mol. The molecule has 0 aliphatic rings. The monoisotopic (exact) mass is 341 g/mol. The van der Waals surface area contributed by atoms with Gasteiger partial charge in [0.1, 0.15) is 11.5 Å². The molecule has 2 heterocycles. The van der Waals surface area contributed by atoms with E-state index in [-0.39, 0.29) is 0 Å². The van der Waals surface area contributed by atoms with Crippen molar-refractivity contribution in [3.63, 3.8) is 0 Å². The van der Waals surface area contributed by atoms with E-state index in [0.29, 0.717) is 5.88 Å². The molecule has 0 unspecified atom stereocenters. The molecule has 0 saturated heterocycles. The van der Waals surface area contributed by atoms with Crippen molar-refractivity contribution in [1.82, 2.24) is 15.3 Å². The summed E-state index contributed by atoms with van der Waals surface area (Å²) in [5.74, 6) is 2.10. The van der Waals surface area contributed by atoms with Crippen molar-refractivity contribution in [1.29, 1.82) is 0 Å². The Balaban J connectivity index is 1.56. The first-order valence-electron chi connectivity index (χ1n) is 7.61. The van der Waals surface area contributed by atoms with Gasteiger partial charge in [0.2, 0.25) is 5.88 Å². The van der Waals surface area contributed by atoms with Crippen molar-refractivity contribution in [2.75, 3.05) is 7.11 Å². The van der Waals surface area contributed by atoms with Crippen LogP contribution in [-0.4, -0.2) is 17.1 Å². The highest BCUT2D eigenvalue weighted by Crippen LogP contribution is 2.22. The zero-order chi connectivity index (χ0) is 16.8. The lowest BCUT2D eigenvalue weighted by Gasteiger charge is -2.08. The molecule has 6 heteroatoms. The van der Waals surface area contributed by atoms with E-state index in [2.05, 4.69) is 20.7 Å². The molecule has 0 bridgehead atoms. The van der Waals surface area contributed by atoms with Gasteiger partial charge in [-0.3, -0.25) is 0 Å². The lowest BCUT2D eigenvalue weighted by atomic mass is 10.2. The molecule has 0 aliphatic carbocycles. The SMILES string of the molecule is COc1ccc(Oc2cc(CNCc3csc(C)n3)ccn2)cc1. The van der Waals surface area contributed by atoms with E-state index in [1.807, 2.05) is 43.3 Å². The summed E-state index contributed by atoms with van der Waals surface area (Å²) in [6.45, 7) is 3.50. The van der Waals surface area contributed by atoms with Crippen LogP contribution in [-0.2, 0) is 13.1 Å². The van der Waals surface area contributed by atoms with Crippen molar-refractivity contribution in [2.45, 2.75) is 20.0 Å². The van der Waals surface area contributed by atoms with Crippen LogP contribution in [0.2, 0.25) is 0 Å². The smallest absolute Gasteiger partial charge is 0.219 e. The number of thiazole rings is 1. The summed E-state index contributed by atoms with van der Waals surface area (Å²) in [6, 6.07) is 11.3. The molecular formula is C18H19N3O2S. The first kappa shape index (κ1) is 16.4. The summed E-state index contributed by atoms with van der Waals surface area (Å²) in [4.78, 5) is 8.69. The Morgan fingerprint density at radius 2 is 1.88 bits per heavy atom. The maximum Gasteiger partial charge on any atom is 0.219 e. The van der Waals surface area contributed by atoms with Crippen molar-refractivity contribution >= 4 is 11.3 Å². The van der Waals surface area contributed by atoms with Gasteiger partial charge in [0.25, 0.3) is 0 Å². The standard InChI is InChI=1S/C18H19N3O2S/c1-13-21-15(12-24-13)11-19-10-14-7-8-20-18(9-14)23-17-5-3-16(22-2)4-6-17/h3-9,12,19H,10-11H2,1-2H3. The molecule has 0 saturated carbocycles. The third kappa shape index (κ3) is 4.53. The molecule has 2 aromatic heterocycles. The number of rotatable bonds is 7. The van der Waals surface area contributed by atoms with E-state index >= 15 is 0 Å². The highest BCUT2D eigenvalue weighted by atomic mass is 32.1. The minimum Gasteiger partial charge on any atom is -0.497 e. The van der Waals surface area contributed by atoms with Gasteiger partial charge in [-0.15, -0.1) is 11.3 Å². The Labute approximate surface area is 145 Å². The zero-order valence-corrected chi connectivity index (χ0v) is 14.5. The number of hydrogen-bond donors (Lipinski definition) is 1. The summed E-state index contributed by atoms with van der Waals surface area (Å²) >= 11 is 1.67. The van der Waals surface area contributed by atoms with Crippen LogP contribution < -0.4 is 14.8 Å². The van der Waals surface area contributed by atoms with Crippen LogP contribution in [0.4, 0.5) is 0 Å². The van der Waals surface area contributed by atoms with Crippen molar-refractivity contribution in [3.05, 3.63) is 64.2 Å². The molecule has 3 rings (SSSR count). The largest absolute Gasteiger partial charge is 0.497 e. The fourth-order valence-corrected chi connectivity index (χ4v) is 2.82. The summed E-state index contributed by atoms with van der Waals surface area (Å²) < 4.78 is 10.9. The summed E-state index contributed by atoms with van der Waals surface area (Å²) in [5, 5.41) is 6.55. The van der Waals surface area contributed by atoms with Crippen LogP contribution in [0.15, 0.2) is 48.0 Å². The number of aromatic nitrogens is 2. The molecule has 1 aromatic carbocycles. The van der Waals surface area contributed by atoms with E-state index < -0.39 is 0 Å². The Morgan fingerprint density at radius 3 is 2.58 bits per heavy atom. The molecule has 0 amide bonds. The summed E-state index contributed by atoms with van der Waals surface area (Å²) in [6.07, 6.45) is 1.75. The van der Waals surface area contributed by atoms with Crippen molar-refractivity contribution in [2.24, 2.45) is 0 Å². The third-order valence-electron chi connectivity index (χ3n) is 3.38. The van der Waals surface area contributed by atoms with Gasteiger partial charge in [-0.2, -0.15) is 0 Å². The lowest BCUT2D eigenvalue weighted by molar-refractivity contribution is 0.412. The van der Waals surface area contributed by atoms with Gasteiger partial charge in [-0.1, -0.05) is 0 Å². The summed E-state index contributed by atoms with van der Waals surface area (Å²) in [5.41, 5.74) is 2.18. The lowest BCUT2D eigenvalue weighted by Crippen LogP contribution is -2.13. The van der Waals surface area contributed by atoms with Crippen LogP contribution >= 0.6 is 11.3 Å².